The number of alkyl halides is 3. The van der Waals surface area contributed by atoms with Gasteiger partial charge in [0.25, 0.3) is 0 Å². The molecule has 3 heterocycles. The molecule has 2 aromatic carbocycles. The summed E-state index contributed by atoms with van der Waals surface area (Å²) < 4.78 is 91.4. The van der Waals surface area contributed by atoms with Gasteiger partial charge < -0.3 is 19.7 Å². The van der Waals surface area contributed by atoms with Crippen molar-refractivity contribution >= 4 is 38.5 Å². The van der Waals surface area contributed by atoms with Gasteiger partial charge in [0.05, 0.1) is 16.9 Å². The van der Waals surface area contributed by atoms with Gasteiger partial charge >= 0.3 is 12.3 Å². The fraction of sp³-hybridized carbons (Fsp3) is 0.375. The van der Waals surface area contributed by atoms with Gasteiger partial charge in [-0.1, -0.05) is 12.1 Å². The maximum Gasteiger partial charge on any atom is 0.410 e. The van der Waals surface area contributed by atoms with E-state index >= 15 is 0 Å². The van der Waals surface area contributed by atoms with Crippen molar-refractivity contribution in [1.29, 1.82) is 0 Å². The number of pyridine rings is 1. The highest BCUT2D eigenvalue weighted by Crippen LogP contribution is 2.40. The summed E-state index contributed by atoms with van der Waals surface area (Å²) in [6.07, 6.45) is -0.830. The molecule has 1 saturated heterocycles. The maximum atomic E-state index is 14.9. The molecule has 11 nitrogen and oxygen atoms in total. The number of halogens is 4. The maximum absolute atomic E-state index is 14.9. The Kier molecular flexibility index (Phi) is 9.67. The van der Waals surface area contributed by atoms with Gasteiger partial charge in [0.1, 0.15) is 17.2 Å². The van der Waals surface area contributed by atoms with Crippen molar-refractivity contribution in [3.05, 3.63) is 66.2 Å². The standard InChI is InChI=1S/C32H34F4N6O5S/c1-19-9-10-21-22(11-12-24(33)26(21)41-48(44,45)18-32(34,35)36)27(19)46-28-23(8-5-14-37-28)25-13-15-38-29(40-25)39-20-7-6-16-42(17-20)30(43)47-31(2,3)4/h5,8-15,20,41H,6-7,16-18H2,1-4H3,(H,38,39,40)/t20-/m0/s1. The highest BCUT2D eigenvalue weighted by molar-refractivity contribution is 7.92. The van der Waals surface area contributed by atoms with Crippen molar-refractivity contribution in [3.8, 4) is 22.9 Å². The van der Waals surface area contributed by atoms with Crippen LogP contribution in [0.3, 0.4) is 0 Å². The molecule has 48 heavy (non-hydrogen) atoms. The topological polar surface area (TPSA) is 136 Å². The lowest BCUT2D eigenvalue weighted by Crippen LogP contribution is -2.47. The third-order valence-electron chi connectivity index (χ3n) is 7.22. The number of anilines is 2. The number of ether oxygens (including phenoxy) is 2. The zero-order chi connectivity index (χ0) is 34.9. The molecule has 0 unspecified atom stereocenters. The van der Waals surface area contributed by atoms with E-state index in [9.17, 15) is 30.8 Å². The van der Waals surface area contributed by atoms with Gasteiger partial charge in [-0.15, -0.1) is 0 Å². The number of amides is 1. The second-order valence-corrected chi connectivity index (χ2v) is 14.1. The number of sulfonamides is 1. The summed E-state index contributed by atoms with van der Waals surface area (Å²) in [6, 6.07) is 10.1. The Balaban J connectivity index is 1.42. The van der Waals surface area contributed by atoms with Crippen LogP contribution in [0.15, 0.2) is 54.9 Å². The van der Waals surface area contributed by atoms with Crippen LogP contribution in [0, 0.1) is 12.7 Å². The first-order valence-electron chi connectivity index (χ1n) is 15.0. The minimum absolute atomic E-state index is 0.0136. The summed E-state index contributed by atoms with van der Waals surface area (Å²) in [5.41, 5.74) is 0.218. The minimum Gasteiger partial charge on any atom is -0.444 e. The largest absolute Gasteiger partial charge is 0.444 e. The van der Waals surface area contributed by atoms with Crippen molar-refractivity contribution in [2.24, 2.45) is 0 Å². The number of aryl methyl sites for hydroxylation is 1. The number of hydrogen-bond acceptors (Lipinski definition) is 9. The number of likely N-dealkylation sites (tertiary alicyclic amines) is 1. The predicted octanol–water partition coefficient (Wildman–Crippen LogP) is 7.05. The fourth-order valence-corrected chi connectivity index (χ4v) is 6.24. The molecule has 0 aliphatic carbocycles. The van der Waals surface area contributed by atoms with E-state index < -0.39 is 45.2 Å². The monoisotopic (exact) mass is 690 g/mol. The molecule has 0 bridgehead atoms. The number of carbonyl (C=O) groups excluding carboxylic acids is 1. The molecule has 2 aromatic heterocycles. The normalized spacial score (nSPS) is 15.7. The number of nitrogens with zero attached hydrogens (tertiary/aromatic N) is 4. The summed E-state index contributed by atoms with van der Waals surface area (Å²) in [5.74, 6) is -2.64. The highest BCUT2D eigenvalue weighted by atomic mass is 32.2. The first kappa shape index (κ1) is 34.6. The molecular formula is C32H34F4N6O5S. The third-order valence-corrected chi connectivity index (χ3v) is 8.44. The Hall–Kier alpha value is -4.73. The molecule has 16 heteroatoms. The Labute approximate surface area is 274 Å². The van der Waals surface area contributed by atoms with E-state index in [1.54, 1.807) is 40.9 Å². The first-order chi connectivity index (χ1) is 22.5. The van der Waals surface area contributed by atoms with Crippen LogP contribution in [0.4, 0.5) is 34.0 Å². The molecule has 0 saturated carbocycles. The van der Waals surface area contributed by atoms with E-state index in [4.69, 9.17) is 9.47 Å². The van der Waals surface area contributed by atoms with Gasteiger partial charge in [0, 0.05) is 42.3 Å². The van der Waals surface area contributed by atoms with Crippen molar-refractivity contribution < 1.29 is 40.2 Å². The zero-order valence-corrected chi connectivity index (χ0v) is 27.4. The number of rotatable bonds is 8. The number of carbonyl (C=O) groups is 1. The number of benzene rings is 2. The molecule has 2 N–H and O–H groups in total. The number of hydrogen-bond donors (Lipinski definition) is 2. The van der Waals surface area contributed by atoms with E-state index in [-0.39, 0.29) is 28.4 Å². The molecule has 0 spiro atoms. The first-order valence-corrected chi connectivity index (χ1v) is 16.6. The second kappa shape index (κ2) is 13.4. The summed E-state index contributed by atoms with van der Waals surface area (Å²) in [6.45, 7) is 8.11. The van der Waals surface area contributed by atoms with Crippen LogP contribution >= 0.6 is 0 Å². The molecule has 1 fully saturated rings. The van der Waals surface area contributed by atoms with Crippen molar-refractivity contribution in [1.82, 2.24) is 19.9 Å². The Morgan fingerprint density at radius 1 is 1.04 bits per heavy atom. The van der Waals surface area contributed by atoms with Crippen LogP contribution < -0.4 is 14.8 Å². The Bertz CT molecular complexity index is 1930. The number of fused-ring (bicyclic) bond motifs is 1. The van der Waals surface area contributed by atoms with Crippen LogP contribution in [0.2, 0.25) is 0 Å². The van der Waals surface area contributed by atoms with Crippen molar-refractivity contribution in [2.45, 2.75) is 58.4 Å². The number of piperidine rings is 1. The highest BCUT2D eigenvalue weighted by Gasteiger charge is 2.36. The minimum atomic E-state index is -5.03. The smallest absolute Gasteiger partial charge is 0.410 e. The summed E-state index contributed by atoms with van der Waals surface area (Å²) >= 11 is 0. The van der Waals surface area contributed by atoms with E-state index in [1.807, 2.05) is 20.8 Å². The molecule has 1 aliphatic rings. The van der Waals surface area contributed by atoms with Crippen LogP contribution in [0.1, 0.15) is 39.2 Å². The van der Waals surface area contributed by atoms with Gasteiger partial charge in [-0.05, 0) is 76.4 Å². The molecule has 1 atom stereocenters. The number of nitrogens with one attached hydrogen (secondary N) is 2. The van der Waals surface area contributed by atoms with Crippen LogP contribution in [-0.4, -0.2) is 71.0 Å². The second-order valence-electron chi connectivity index (χ2n) is 12.3. The number of aromatic nitrogens is 3. The van der Waals surface area contributed by atoms with Gasteiger partial charge in [-0.2, -0.15) is 13.2 Å². The zero-order valence-electron chi connectivity index (χ0n) is 26.6. The van der Waals surface area contributed by atoms with E-state index in [1.165, 1.54) is 24.4 Å². The van der Waals surface area contributed by atoms with Crippen LogP contribution in [0.5, 0.6) is 11.6 Å². The van der Waals surface area contributed by atoms with Gasteiger partial charge in [-0.25, -0.2) is 32.6 Å². The van der Waals surface area contributed by atoms with E-state index in [0.29, 0.717) is 35.9 Å². The van der Waals surface area contributed by atoms with Gasteiger partial charge in [-0.3, -0.25) is 4.72 Å². The van der Waals surface area contributed by atoms with Crippen LogP contribution in [0.25, 0.3) is 22.0 Å². The predicted molar refractivity (Wildman–Crippen MR) is 172 cm³/mol. The molecule has 4 aromatic rings. The van der Waals surface area contributed by atoms with Gasteiger partial charge in [0.15, 0.2) is 5.75 Å². The molecule has 256 valence electrons. The quantitative estimate of drug-likeness (QED) is 0.187. The molecule has 1 aliphatic heterocycles. The Morgan fingerprint density at radius 3 is 2.52 bits per heavy atom. The summed E-state index contributed by atoms with van der Waals surface area (Å²) in [5, 5.41) is 3.51. The Morgan fingerprint density at radius 2 is 1.79 bits per heavy atom. The molecule has 0 radical (unpaired) electrons. The lowest BCUT2D eigenvalue weighted by atomic mass is 10.0. The third kappa shape index (κ3) is 8.59. The SMILES string of the molecule is Cc1ccc2c(NS(=O)(=O)CC(F)(F)F)c(F)ccc2c1Oc1ncccc1-c1ccnc(N[C@H]2CCCN(C(=O)OC(C)(C)C)C2)n1. The van der Waals surface area contributed by atoms with Crippen LogP contribution in [-0.2, 0) is 14.8 Å². The average molecular weight is 691 g/mol. The van der Waals surface area contributed by atoms with E-state index in [0.717, 1.165) is 18.9 Å². The molecular weight excluding hydrogens is 656 g/mol. The lowest BCUT2D eigenvalue weighted by molar-refractivity contribution is -0.106. The van der Waals surface area contributed by atoms with E-state index in [2.05, 4.69) is 20.3 Å². The van der Waals surface area contributed by atoms with Crippen molar-refractivity contribution in [2.75, 3.05) is 28.9 Å². The fourth-order valence-electron chi connectivity index (χ4n) is 5.22. The molecule has 5 rings (SSSR count). The average Bonchev–Trinajstić information content (AvgIpc) is 2.98. The summed E-state index contributed by atoms with van der Waals surface area (Å²) in [4.78, 5) is 27.6. The van der Waals surface area contributed by atoms with Crippen molar-refractivity contribution in [3.63, 3.8) is 0 Å². The molecule has 1 amide bonds. The lowest BCUT2D eigenvalue weighted by Gasteiger charge is -2.34. The summed E-state index contributed by atoms with van der Waals surface area (Å²) in [7, 11) is -4.97. The van der Waals surface area contributed by atoms with Gasteiger partial charge in [0.2, 0.25) is 21.9 Å².